The number of amides is 1. The molecule has 190 valence electrons. The maximum atomic E-state index is 13.7. The molecule has 0 aliphatic carbocycles. The van der Waals surface area contributed by atoms with Gasteiger partial charge in [-0.1, -0.05) is 6.92 Å². The van der Waals surface area contributed by atoms with Crippen molar-refractivity contribution in [3.05, 3.63) is 52.5 Å². The summed E-state index contributed by atoms with van der Waals surface area (Å²) in [6.07, 6.45) is -3.60. The van der Waals surface area contributed by atoms with Gasteiger partial charge >= 0.3 is 6.18 Å². The van der Waals surface area contributed by atoms with Crippen LogP contribution < -0.4 is 21.3 Å². The number of anilines is 5. The average Bonchev–Trinajstić information content (AvgIpc) is 3.26. The second kappa shape index (κ2) is 10.5. The van der Waals surface area contributed by atoms with Gasteiger partial charge in [-0.2, -0.15) is 18.2 Å². The molecule has 2 aromatic heterocycles. The zero-order valence-electron chi connectivity index (χ0n) is 19.2. The summed E-state index contributed by atoms with van der Waals surface area (Å²) in [5.74, 6) is -2.86. The summed E-state index contributed by atoms with van der Waals surface area (Å²) in [5, 5.41) is 5.52. The number of morpholine rings is 1. The van der Waals surface area contributed by atoms with Gasteiger partial charge in [-0.3, -0.25) is 9.59 Å². The molecule has 13 heteroatoms. The number of thiophene rings is 1. The van der Waals surface area contributed by atoms with Crippen LogP contribution in [0.3, 0.4) is 0 Å². The number of ketones is 1. The van der Waals surface area contributed by atoms with Crippen LogP contribution >= 0.6 is 11.3 Å². The van der Waals surface area contributed by atoms with Gasteiger partial charge in [0.1, 0.15) is 16.4 Å². The van der Waals surface area contributed by atoms with Crippen molar-refractivity contribution < 1.29 is 27.5 Å². The molecule has 0 spiro atoms. The zero-order chi connectivity index (χ0) is 25.9. The molecule has 0 unspecified atom stereocenters. The van der Waals surface area contributed by atoms with Crippen molar-refractivity contribution in [3.63, 3.8) is 0 Å². The molecule has 1 aliphatic heterocycles. The van der Waals surface area contributed by atoms with Crippen LogP contribution in [0.1, 0.15) is 27.7 Å². The van der Waals surface area contributed by atoms with E-state index in [0.29, 0.717) is 36.4 Å². The van der Waals surface area contributed by atoms with E-state index < -0.39 is 29.2 Å². The Morgan fingerprint density at radius 3 is 2.47 bits per heavy atom. The highest BCUT2D eigenvalue weighted by Crippen LogP contribution is 2.38. The number of hydrogen-bond acceptors (Lipinski definition) is 9. The third-order valence-corrected chi connectivity index (χ3v) is 6.62. The third kappa shape index (κ3) is 5.74. The lowest BCUT2D eigenvalue weighted by atomic mass is 10.1. The average molecular weight is 521 g/mol. The first-order chi connectivity index (χ1) is 17.2. The second-order valence-corrected chi connectivity index (χ2v) is 8.99. The van der Waals surface area contributed by atoms with Gasteiger partial charge in [-0.25, -0.2) is 4.98 Å². The smallest absolute Gasteiger partial charge is 0.378 e. The Labute approximate surface area is 208 Å². The van der Waals surface area contributed by atoms with E-state index in [1.54, 1.807) is 12.1 Å². The summed E-state index contributed by atoms with van der Waals surface area (Å²) in [7, 11) is 0. The molecule has 3 heterocycles. The van der Waals surface area contributed by atoms with E-state index >= 15 is 0 Å². The summed E-state index contributed by atoms with van der Waals surface area (Å²) in [6, 6.07) is 8.75. The quantitative estimate of drug-likeness (QED) is 0.300. The number of benzene rings is 1. The number of hydrogen-bond donors (Lipinski definition) is 3. The molecule has 0 atom stereocenters. The first-order valence-electron chi connectivity index (χ1n) is 11.0. The van der Waals surface area contributed by atoms with E-state index in [9.17, 15) is 22.8 Å². The predicted octanol–water partition coefficient (Wildman–Crippen LogP) is 4.11. The van der Waals surface area contributed by atoms with Crippen LogP contribution in [0.25, 0.3) is 0 Å². The highest BCUT2D eigenvalue weighted by atomic mass is 32.1. The number of carbonyl (C=O) groups excluding carboxylic acids is 2. The number of primary amides is 1. The fourth-order valence-corrected chi connectivity index (χ4v) is 4.56. The molecule has 4 rings (SSSR count). The van der Waals surface area contributed by atoms with Gasteiger partial charge in [0.05, 0.1) is 18.8 Å². The van der Waals surface area contributed by atoms with Gasteiger partial charge in [0.2, 0.25) is 5.95 Å². The Balaban J connectivity index is 1.62. The summed E-state index contributed by atoms with van der Waals surface area (Å²) in [5.41, 5.74) is 5.45. The van der Waals surface area contributed by atoms with Crippen LogP contribution in [-0.4, -0.2) is 48.0 Å². The molecule has 3 aromatic rings. The number of Topliss-reactive ketones (excluding diaryl/α,β-unsaturated/α-hetero) is 1. The molecule has 0 radical (unpaired) electrons. The molecular weight excluding hydrogens is 497 g/mol. The summed E-state index contributed by atoms with van der Waals surface area (Å²) in [4.78, 5) is 34.4. The Kier molecular flexibility index (Phi) is 7.40. The molecule has 0 saturated carbocycles. The van der Waals surface area contributed by atoms with Crippen LogP contribution in [0.5, 0.6) is 0 Å². The summed E-state index contributed by atoms with van der Waals surface area (Å²) in [6.45, 7) is 4.64. The number of halogens is 3. The molecule has 0 bridgehead atoms. The number of ether oxygens (including phenoxy) is 1. The monoisotopic (exact) mass is 520 g/mol. The highest BCUT2D eigenvalue weighted by Gasteiger charge is 2.36. The number of nitrogens with one attached hydrogen (secondary N) is 2. The Morgan fingerprint density at radius 2 is 1.86 bits per heavy atom. The minimum atomic E-state index is -4.76. The first kappa shape index (κ1) is 25.4. The standard InChI is InChI=1S/C23H23F3N6O3S/c1-2-15-11-16(18(33)19(27)34)21(36-15)30-20-17(23(24,25)26)12-28-22(31-20)29-13-3-5-14(6-4-13)32-7-9-35-10-8-32/h3-6,11-12H,2,7-10H2,1H3,(H2,27,34)(H2,28,29,30,31). The van der Waals surface area contributed by atoms with Crippen molar-refractivity contribution in [2.75, 3.05) is 41.8 Å². The molecular formula is C23H23F3N6O3S. The number of rotatable bonds is 8. The first-order valence-corrected chi connectivity index (χ1v) is 11.8. The second-order valence-electron chi connectivity index (χ2n) is 7.85. The van der Waals surface area contributed by atoms with Gasteiger partial charge in [-0.05, 0) is 36.8 Å². The van der Waals surface area contributed by atoms with Gasteiger partial charge in [0.15, 0.2) is 0 Å². The van der Waals surface area contributed by atoms with Gasteiger partial charge < -0.3 is 26.0 Å². The molecule has 1 fully saturated rings. The normalized spacial score (nSPS) is 13.9. The van der Waals surface area contributed by atoms with Crippen LogP contribution in [0, 0.1) is 0 Å². The Morgan fingerprint density at radius 1 is 1.17 bits per heavy atom. The number of aromatic nitrogens is 2. The van der Waals surface area contributed by atoms with Crippen molar-refractivity contribution in [3.8, 4) is 0 Å². The minimum Gasteiger partial charge on any atom is -0.378 e. The Bertz CT molecular complexity index is 1260. The van der Waals surface area contributed by atoms with Crippen molar-refractivity contribution in [1.82, 2.24) is 9.97 Å². The van der Waals surface area contributed by atoms with E-state index in [1.807, 2.05) is 19.1 Å². The highest BCUT2D eigenvalue weighted by molar-refractivity contribution is 7.16. The fraction of sp³-hybridized carbons (Fsp3) is 0.304. The van der Waals surface area contributed by atoms with E-state index in [4.69, 9.17) is 10.5 Å². The van der Waals surface area contributed by atoms with E-state index in [1.165, 1.54) is 6.07 Å². The maximum absolute atomic E-state index is 13.7. The molecule has 9 nitrogen and oxygen atoms in total. The largest absolute Gasteiger partial charge is 0.421 e. The maximum Gasteiger partial charge on any atom is 0.421 e. The molecule has 1 aliphatic rings. The minimum absolute atomic E-state index is 0.0423. The SMILES string of the molecule is CCc1cc(C(=O)C(N)=O)c(Nc2nc(Nc3ccc(N4CCOCC4)cc3)ncc2C(F)(F)F)s1. The van der Waals surface area contributed by atoms with E-state index in [-0.39, 0.29) is 16.5 Å². The van der Waals surface area contributed by atoms with Crippen molar-refractivity contribution >= 4 is 51.2 Å². The summed E-state index contributed by atoms with van der Waals surface area (Å²) >= 11 is 1.04. The third-order valence-electron chi connectivity index (χ3n) is 5.43. The predicted molar refractivity (Wildman–Crippen MR) is 130 cm³/mol. The van der Waals surface area contributed by atoms with Gasteiger partial charge in [0.25, 0.3) is 11.7 Å². The van der Waals surface area contributed by atoms with Crippen LogP contribution in [0.2, 0.25) is 0 Å². The topological polar surface area (TPSA) is 122 Å². The van der Waals surface area contributed by atoms with Crippen molar-refractivity contribution in [2.45, 2.75) is 19.5 Å². The lowest BCUT2D eigenvalue weighted by Crippen LogP contribution is -2.36. The molecule has 4 N–H and O–H groups in total. The van der Waals surface area contributed by atoms with Gasteiger partial charge in [0, 0.05) is 35.5 Å². The van der Waals surface area contributed by atoms with Crippen molar-refractivity contribution in [1.29, 1.82) is 0 Å². The van der Waals surface area contributed by atoms with Crippen LogP contribution in [0.15, 0.2) is 36.5 Å². The summed E-state index contributed by atoms with van der Waals surface area (Å²) < 4.78 is 46.4. The zero-order valence-corrected chi connectivity index (χ0v) is 20.0. The van der Waals surface area contributed by atoms with E-state index in [0.717, 1.165) is 30.1 Å². The molecule has 36 heavy (non-hydrogen) atoms. The molecule has 1 amide bonds. The van der Waals surface area contributed by atoms with Crippen LogP contribution in [0.4, 0.5) is 41.3 Å². The lowest BCUT2D eigenvalue weighted by Gasteiger charge is -2.28. The van der Waals surface area contributed by atoms with Crippen molar-refractivity contribution in [2.24, 2.45) is 5.73 Å². The van der Waals surface area contributed by atoms with Gasteiger partial charge in [-0.15, -0.1) is 11.3 Å². The fourth-order valence-electron chi connectivity index (χ4n) is 3.57. The number of nitrogens with two attached hydrogens (primary N) is 1. The molecule has 1 saturated heterocycles. The lowest BCUT2D eigenvalue weighted by molar-refractivity contribution is -0.137. The molecule has 1 aromatic carbocycles. The number of carbonyl (C=O) groups is 2. The van der Waals surface area contributed by atoms with Crippen LogP contribution in [-0.2, 0) is 22.1 Å². The number of nitrogens with zero attached hydrogens (tertiary/aromatic N) is 3. The number of aryl methyl sites for hydroxylation is 1. The number of alkyl halides is 3. The van der Waals surface area contributed by atoms with E-state index in [2.05, 4.69) is 25.5 Å². The Hall–Kier alpha value is -3.71.